The van der Waals surface area contributed by atoms with Gasteiger partial charge in [-0.15, -0.1) is 0 Å². The highest BCUT2D eigenvalue weighted by Gasteiger charge is 2.05. The first-order valence-corrected chi connectivity index (χ1v) is 3.43. The zero-order valence-corrected chi connectivity index (χ0v) is 6.65. The molecule has 4 N–H and O–H groups in total. The van der Waals surface area contributed by atoms with Gasteiger partial charge in [-0.05, 0) is 13.0 Å². The summed E-state index contributed by atoms with van der Waals surface area (Å²) in [7, 11) is 0. The maximum absolute atomic E-state index is 9.25. The molecule has 0 heterocycles. The molecular weight excluding hydrogens is 156 g/mol. The SMILES string of the molecule is Cc1c(O)cccc1C(N)=NO. The van der Waals surface area contributed by atoms with Crippen LogP contribution in [0.15, 0.2) is 23.4 Å². The van der Waals surface area contributed by atoms with Gasteiger partial charge >= 0.3 is 0 Å². The lowest BCUT2D eigenvalue weighted by Crippen LogP contribution is -2.14. The first-order valence-electron chi connectivity index (χ1n) is 3.43. The Bertz CT molecular complexity index is 321. The van der Waals surface area contributed by atoms with Crippen LogP contribution < -0.4 is 5.73 Å². The van der Waals surface area contributed by atoms with Crippen molar-refractivity contribution >= 4 is 5.84 Å². The van der Waals surface area contributed by atoms with E-state index in [1.807, 2.05) is 0 Å². The summed E-state index contributed by atoms with van der Waals surface area (Å²) in [5.74, 6) is 0.141. The smallest absolute Gasteiger partial charge is 0.170 e. The fraction of sp³-hybridized carbons (Fsp3) is 0.125. The Kier molecular flexibility index (Phi) is 2.19. The van der Waals surface area contributed by atoms with Gasteiger partial charge in [0.2, 0.25) is 0 Å². The van der Waals surface area contributed by atoms with Crippen LogP contribution in [0.2, 0.25) is 0 Å². The van der Waals surface area contributed by atoms with Crippen molar-refractivity contribution in [3.8, 4) is 5.75 Å². The molecule has 0 saturated carbocycles. The number of aromatic hydroxyl groups is 1. The Balaban J connectivity index is 3.26. The van der Waals surface area contributed by atoms with Gasteiger partial charge in [0.1, 0.15) is 5.75 Å². The summed E-state index contributed by atoms with van der Waals surface area (Å²) in [6.07, 6.45) is 0. The Morgan fingerprint density at radius 1 is 1.50 bits per heavy atom. The molecule has 0 fully saturated rings. The Hall–Kier alpha value is -1.71. The van der Waals surface area contributed by atoms with Crippen molar-refractivity contribution in [2.45, 2.75) is 6.92 Å². The van der Waals surface area contributed by atoms with Gasteiger partial charge < -0.3 is 16.0 Å². The molecule has 0 aliphatic carbocycles. The third-order valence-electron chi connectivity index (χ3n) is 1.69. The normalized spacial score (nSPS) is 11.6. The van der Waals surface area contributed by atoms with Crippen LogP contribution in [0.3, 0.4) is 0 Å². The summed E-state index contributed by atoms with van der Waals surface area (Å²) in [4.78, 5) is 0. The molecule has 1 aromatic rings. The van der Waals surface area contributed by atoms with Gasteiger partial charge in [-0.3, -0.25) is 0 Å². The van der Waals surface area contributed by atoms with Gasteiger partial charge in [0.15, 0.2) is 5.84 Å². The van der Waals surface area contributed by atoms with Crippen LogP contribution in [0.1, 0.15) is 11.1 Å². The van der Waals surface area contributed by atoms with E-state index in [2.05, 4.69) is 5.16 Å². The molecule has 0 saturated heterocycles. The van der Waals surface area contributed by atoms with E-state index >= 15 is 0 Å². The van der Waals surface area contributed by atoms with Crippen molar-refractivity contribution in [1.29, 1.82) is 0 Å². The van der Waals surface area contributed by atoms with Crippen LogP contribution in [0.25, 0.3) is 0 Å². The minimum Gasteiger partial charge on any atom is -0.508 e. The first kappa shape index (κ1) is 8.39. The summed E-state index contributed by atoms with van der Waals surface area (Å²) < 4.78 is 0. The molecule has 0 bridgehead atoms. The Labute approximate surface area is 69.9 Å². The van der Waals surface area contributed by atoms with Gasteiger partial charge in [-0.1, -0.05) is 17.3 Å². The summed E-state index contributed by atoms with van der Waals surface area (Å²) in [5.41, 5.74) is 6.50. The topological polar surface area (TPSA) is 78.8 Å². The quantitative estimate of drug-likeness (QED) is 0.250. The predicted octanol–water partition coefficient (Wildman–Crippen LogP) is 0.795. The van der Waals surface area contributed by atoms with E-state index in [4.69, 9.17) is 10.9 Å². The fourth-order valence-electron chi connectivity index (χ4n) is 0.955. The molecule has 0 unspecified atom stereocenters. The zero-order valence-electron chi connectivity index (χ0n) is 6.65. The summed E-state index contributed by atoms with van der Waals surface area (Å²) in [6.45, 7) is 1.70. The Morgan fingerprint density at radius 3 is 2.75 bits per heavy atom. The molecule has 0 radical (unpaired) electrons. The molecule has 0 atom stereocenters. The van der Waals surface area contributed by atoms with Crippen LogP contribution in [-0.2, 0) is 0 Å². The van der Waals surface area contributed by atoms with Crippen molar-refractivity contribution < 1.29 is 10.3 Å². The van der Waals surface area contributed by atoms with Gasteiger partial charge in [-0.2, -0.15) is 0 Å². The van der Waals surface area contributed by atoms with E-state index in [1.165, 1.54) is 0 Å². The second-order valence-corrected chi connectivity index (χ2v) is 2.43. The van der Waals surface area contributed by atoms with Gasteiger partial charge in [0.25, 0.3) is 0 Å². The number of amidine groups is 1. The molecule has 0 aliphatic rings. The number of hydrogen-bond donors (Lipinski definition) is 3. The molecular formula is C8H10N2O2. The average Bonchev–Trinajstić information content (AvgIpc) is 2.08. The number of phenolic OH excluding ortho intramolecular Hbond substituents is 1. The number of hydrogen-bond acceptors (Lipinski definition) is 3. The number of phenols is 1. The number of rotatable bonds is 1. The Morgan fingerprint density at radius 2 is 2.17 bits per heavy atom. The molecule has 4 heteroatoms. The van der Waals surface area contributed by atoms with Crippen molar-refractivity contribution in [2.75, 3.05) is 0 Å². The number of oxime groups is 1. The van der Waals surface area contributed by atoms with Crippen LogP contribution in [-0.4, -0.2) is 16.1 Å². The largest absolute Gasteiger partial charge is 0.508 e. The summed E-state index contributed by atoms with van der Waals surface area (Å²) in [6, 6.07) is 4.85. The molecule has 1 rings (SSSR count). The van der Waals surface area contributed by atoms with Crippen molar-refractivity contribution in [2.24, 2.45) is 10.9 Å². The number of nitrogens with zero attached hydrogens (tertiary/aromatic N) is 1. The van der Waals surface area contributed by atoms with Crippen molar-refractivity contribution in [1.82, 2.24) is 0 Å². The van der Waals surface area contributed by atoms with Crippen molar-refractivity contribution in [3.63, 3.8) is 0 Å². The van der Waals surface area contributed by atoms with Crippen LogP contribution in [0.5, 0.6) is 5.75 Å². The molecule has 0 aromatic heterocycles. The zero-order chi connectivity index (χ0) is 9.14. The summed E-state index contributed by atoms with van der Waals surface area (Å²) >= 11 is 0. The third kappa shape index (κ3) is 1.32. The predicted molar refractivity (Wildman–Crippen MR) is 45.4 cm³/mol. The second-order valence-electron chi connectivity index (χ2n) is 2.43. The van der Waals surface area contributed by atoms with E-state index in [-0.39, 0.29) is 11.6 Å². The lowest BCUT2D eigenvalue weighted by atomic mass is 10.1. The molecule has 0 aliphatic heterocycles. The van der Waals surface area contributed by atoms with Crippen LogP contribution in [0, 0.1) is 6.92 Å². The van der Waals surface area contributed by atoms with E-state index < -0.39 is 0 Å². The number of nitrogens with two attached hydrogens (primary N) is 1. The first-order chi connectivity index (χ1) is 5.66. The van der Waals surface area contributed by atoms with Gasteiger partial charge in [-0.25, -0.2) is 0 Å². The van der Waals surface area contributed by atoms with Crippen molar-refractivity contribution in [3.05, 3.63) is 29.3 Å². The molecule has 64 valence electrons. The third-order valence-corrected chi connectivity index (χ3v) is 1.69. The maximum Gasteiger partial charge on any atom is 0.170 e. The van der Waals surface area contributed by atoms with Gasteiger partial charge in [0, 0.05) is 11.1 Å². The second kappa shape index (κ2) is 3.13. The fourth-order valence-corrected chi connectivity index (χ4v) is 0.955. The lowest BCUT2D eigenvalue weighted by molar-refractivity contribution is 0.318. The minimum absolute atomic E-state index is 0.00315. The van der Waals surface area contributed by atoms with E-state index in [1.54, 1.807) is 25.1 Å². The molecule has 0 amide bonds. The van der Waals surface area contributed by atoms with E-state index in [0.717, 1.165) is 0 Å². The van der Waals surface area contributed by atoms with Crippen LogP contribution >= 0.6 is 0 Å². The van der Waals surface area contributed by atoms with E-state index in [0.29, 0.717) is 11.1 Å². The highest BCUT2D eigenvalue weighted by Crippen LogP contribution is 2.18. The highest BCUT2D eigenvalue weighted by molar-refractivity contribution is 5.98. The average molecular weight is 166 g/mol. The standard InChI is InChI=1S/C8H10N2O2/c1-5-6(8(9)10-12)3-2-4-7(5)11/h2-4,11-12H,1H3,(H2,9,10). The minimum atomic E-state index is 0.00315. The maximum atomic E-state index is 9.25. The molecule has 12 heavy (non-hydrogen) atoms. The monoisotopic (exact) mass is 166 g/mol. The lowest BCUT2D eigenvalue weighted by Gasteiger charge is -2.04. The molecule has 0 spiro atoms. The number of benzene rings is 1. The van der Waals surface area contributed by atoms with Crippen LogP contribution in [0.4, 0.5) is 0 Å². The summed E-state index contributed by atoms with van der Waals surface area (Å²) in [5, 5.41) is 20.5. The van der Waals surface area contributed by atoms with Gasteiger partial charge in [0.05, 0.1) is 0 Å². The molecule has 4 nitrogen and oxygen atoms in total. The molecule has 1 aromatic carbocycles. The van der Waals surface area contributed by atoms with E-state index in [9.17, 15) is 5.11 Å². The highest BCUT2D eigenvalue weighted by atomic mass is 16.4.